The lowest BCUT2D eigenvalue weighted by Crippen LogP contribution is -2.33. The van der Waals surface area contributed by atoms with Gasteiger partial charge in [-0.15, -0.1) is 0 Å². The molecule has 3 nitrogen and oxygen atoms in total. The second kappa shape index (κ2) is 6.55. The Morgan fingerprint density at radius 2 is 2.00 bits per heavy atom. The number of nitrogens with one attached hydrogen (secondary N) is 1. The Morgan fingerprint density at radius 1 is 1.10 bits per heavy atom. The van der Waals surface area contributed by atoms with E-state index in [-0.39, 0.29) is 6.10 Å². The Morgan fingerprint density at radius 3 is 2.80 bits per heavy atom. The van der Waals surface area contributed by atoms with Crippen LogP contribution >= 0.6 is 0 Å². The van der Waals surface area contributed by atoms with Gasteiger partial charge in [-0.25, -0.2) is 0 Å². The highest BCUT2D eigenvalue weighted by molar-refractivity contribution is 5.30. The topological polar surface area (TPSA) is 30.5 Å². The zero-order chi connectivity index (χ0) is 13.6. The lowest BCUT2D eigenvalue weighted by molar-refractivity contribution is 0.0275. The number of hydrogen-bond acceptors (Lipinski definition) is 3. The largest absolute Gasteiger partial charge is 0.489 e. The van der Waals surface area contributed by atoms with E-state index in [1.165, 1.54) is 11.1 Å². The van der Waals surface area contributed by atoms with Crippen molar-refractivity contribution in [3.63, 3.8) is 0 Å². The number of hydrogen-bond donors (Lipinski definition) is 1. The molecule has 1 atom stereocenters. The lowest BCUT2D eigenvalue weighted by Gasteiger charge is -2.24. The summed E-state index contributed by atoms with van der Waals surface area (Å²) in [6.07, 6.45) is 0.129. The molecular weight excluding hydrogens is 250 g/mol. The molecule has 1 aliphatic heterocycles. The van der Waals surface area contributed by atoms with Crippen molar-refractivity contribution in [2.24, 2.45) is 0 Å². The summed E-state index contributed by atoms with van der Waals surface area (Å²) in [6.45, 7) is 3.15. The zero-order valence-electron chi connectivity index (χ0n) is 11.4. The minimum absolute atomic E-state index is 0.129. The Labute approximate surface area is 119 Å². The van der Waals surface area contributed by atoms with Crippen molar-refractivity contribution < 1.29 is 9.47 Å². The van der Waals surface area contributed by atoms with E-state index in [1.807, 2.05) is 30.3 Å². The third-order valence-electron chi connectivity index (χ3n) is 3.41. The quantitative estimate of drug-likeness (QED) is 0.925. The van der Waals surface area contributed by atoms with Crippen molar-refractivity contribution in [1.82, 2.24) is 5.32 Å². The fourth-order valence-electron chi connectivity index (χ4n) is 2.33. The average molecular weight is 269 g/mol. The van der Waals surface area contributed by atoms with Gasteiger partial charge in [0.15, 0.2) is 0 Å². The Balaban J connectivity index is 1.65. The van der Waals surface area contributed by atoms with E-state index in [9.17, 15) is 0 Å². The first-order valence-electron chi connectivity index (χ1n) is 7.01. The van der Waals surface area contributed by atoms with Crippen molar-refractivity contribution in [2.45, 2.75) is 12.7 Å². The third-order valence-corrected chi connectivity index (χ3v) is 3.41. The molecule has 2 aromatic rings. The van der Waals surface area contributed by atoms with Gasteiger partial charge in [0.1, 0.15) is 12.4 Å². The lowest BCUT2D eigenvalue weighted by atomic mass is 10.1. The number of ether oxygens (including phenoxy) is 2. The summed E-state index contributed by atoms with van der Waals surface area (Å²) in [5.74, 6) is 0.889. The van der Waals surface area contributed by atoms with Crippen LogP contribution in [0, 0.1) is 0 Å². The first-order chi connectivity index (χ1) is 9.92. The van der Waals surface area contributed by atoms with Gasteiger partial charge in [0.05, 0.1) is 12.7 Å². The fourth-order valence-corrected chi connectivity index (χ4v) is 2.33. The maximum absolute atomic E-state index is 5.85. The van der Waals surface area contributed by atoms with Crippen molar-refractivity contribution in [3.05, 3.63) is 65.7 Å². The van der Waals surface area contributed by atoms with Gasteiger partial charge in [-0.1, -0.05) is 42.5 Å². The molecule has 0 saturated carbocycles. The van der Waals surface area contributed by atoms with Crippen LogP contribution < -0.4 is 10.1 Å². The summed E-state index contributed by atoms with van der Waals surface area (Å²) >= 11 is 0. The second-order valence-electron chi connectivity index (χ2n) is 4.91. The van der Waals surface area contributed by atoms with E-state index in [0.29, 0.717) is 6.61 Å². The monoisotopic (exact) mass is 269 g/mol. The van der Waals surface area contributed by atoms with E-state index in [4.69, 9.17) is 9.47 Å². The van der Waals surface area contributed by atoms with E-state index < -0.39 is 0 Å². The predicted octanol–water partition coefficient (Wildman–Crippen LogP) is 2.93. The smallest absolute Gasteiger partial charge is 0.120 e. The molecule has 104 valence electrons. The average Bonchev–Trinajstić information content (AvgIpc) is 2.55. The summed E-state index contributed by atoms with van der Waals surface area (Å²) in [6, 6.07) is 18.4. The molecule has 1 saturated heterocycles. The molecule has 0 bridgehead atoms. The molecule has 20 heavy (non-hydrogen) atoms. The van der Waals surface area contributed by atoms with Crippen LogP contribution in [-0.4, -0.2) is 19.7 Å². The molecular formula is C17H19NO2. The van der Waals surface area contributed by atoms with E-state index in [2.05, 4.69) is 29.6 Å². The van der Waals surface area contributed by atoms with E-state index in [0.717, 1.165) is 25.4 Å². The van der Waals surface area contributed by atoms with Crippen molar-refractivity contribution in [2.75, 3.05) is 19.7 Å². The molecule has 2 aromatic carbocycles. The Kier molecular flexibility index (Phi) is 4.31. The standard InChI is InChI=1S/C17H19NO2/c1-2-5-14(6-3-1)13-20-16-8-4-7-15(11-16)17-12-18-9-10-19-17/h1-8,11,17-18H,9-10,12-13H2. The maximum Gasteiger partial charge on any atom is 0.120 e. The first kappa shape index (κ1) is 13.2. The highest BCUT2D eigenvalue weighted by Crippen LogP contribution is 2.23. The molecule has 1 aliphatic rings. The van der Waals surface area contributed by atoms with Gasteiger partial charge in [-0.05, 0) is 23.3 Å². The van der Waals surface area contributed by atoms with Crippen LogP contribution in [0.25, 0.3) is 0 Å². The minimum Gasteiger partial charge on any atom is -0.489 e. The van der Waals surface area contributed by atoms with Gasteiger partial charge in [-0.2, -0.15) is 0 Å². The molecule has 0 spiro atoms. The van der Waals surface area contributed by atoms with Crippen LogP contribution in [0.5, 0.6) is 5.75 Å². The molecule has 1 unspecified atom stereocenters. The van der Waals surface area contributed by atoms with Gasteiger partial charge in [0.2, 0.25) is 0 Å². The predicted molar refractivity (Wildman–Crippen MR) is 78.8 cm³/mol. The SMILES string of the molecule is c1ccc(COc2cccc(C3CNCCO3)c2)cc1. The second-order valence-corrected chi connectivity index (χ2v) is 4.91. The number of morpholine rings is 1. The van der Waals surface area contributed by atoms with Crippen LogP contribution in [-0.2, 0) is 11.3 Å². The molecule has 0 amide bonds. The molecule has 0 radical (unpaired) electrons. The van der Waals surface area contributed by atoms with Crippen LogP contribution in [0.15, 0.2) is 54.6 Å². The van der Waals surface area contributed by atoms with Gasteiger partial charge >= 0.3 is 0 Å². The molecule has 0 aliphatic carbocycles. The normalized spacial score (nSPS) is 18.7. The van der Waals surface area contributed by atoms with Crippen molar-refractivity contribution >= 4 is 0 Å². The highest BCUT2D eigenvalue weighted by Gasteiger charge is 2.15. The summed E-state index contributed by atoms with van der Waals surface area (Å²) in [5, 5.41) is 3.34. The Hall–Kier alpha value is -1.84. The summed E-state index contributed by atoms with van der Waals surface area (Å²) < 4.78 is 11.6. The number of rotatable bonds is 4. The molecule has 1 fully saturated rings. The zero-order valence-corrected chi connectivity index (χ0v) is 11.4. The number of benzene rings is 2. The van der Waals surface area contributed by atoms with Crippen LogP contribution in [0.3, 0.4) is 0 Å². The van der Waals surface area contributed by atoms with Crippen molar-refractivity contribution in [1.29, 1.82) is 0 Å². The summed E-state index contributed by atoms with van der Waals surface area (Å²) in [5.41, 5.74) is 2.34. The van der Waals surface area contributed by atoms with Crippen LogP contribution in [0.2, 0.25) is 0 Å². The van der Waals surface area contributed by atoms with Gasteiger partial charge in [-0.3, -0.25) is 0 Å². The van der Waals surface area contributed by atoms with Crippen molar-refractivity contribution in [3.8, 4) is 5.75 Å². The highest BCUT2D eigenvalue weighted by atomic mass is 16.5. The fraction of sp³-hybridized carbons (Fsp3) is 0.294. The molecule has 1 heterocycles. The molecule has 1 N–H and O–H groups in total. The maximum atomic E-state index is 5.85. The summed E-state index contributed by atoms with van der Waals surface area (Å²) in [7, 11) is 0. The Bertz CT molecular complexity index is 536. The van der Waals surface area contributed by atoms with Crippen LogP contribution in [0.1, 0.15) is 17.2 Å². The summed E-state index contributed by atoms with van der Waals surface area (Å²) in [4.78, 5) is 0. The van der Waals surface area contributed by atoms with Gasteiger partial charge < -0.3 is 14.8 Å². The van der Waals surface area contributed by atoms with E-state index >= 15 is 0 Å². The molecule has 3 rings (SSSR count). The molecule has 0 aromatic heterocycles. The van der Waals surface area contributed by atoms with Crippen LogP contribution in [0.4, 0.5) is 0 Å². The van der Waals surface area contributed by atoms with Gasteiger partial charge in [0, 0.05) is 13.1 Å². The van der Waals surface area contributed by atoms with E-state index in [1.54, 1.807) is 0 Å². The molecule has 3 heteroatoms. The first-order valence-corrected chi connectivity index (χ1v) is 7.01. The van der Waals surface area contributed by atoms with Gasteiger partial charge in [0.25, 0.3) is 0 Å². The minimum atomic E-state index is 0.129. The third kappa shape index (κ3) is 3.38.